The number of ketones is 1. The van der Waals surface area contributed by atoms with E-state index in [1.54, 1.807) is 54.3 Å². The van der Waals surface area contributed by atoms with E-state index in [1.165, 1.54) is 0 Å². The lowest BCUT2D eigenvalue weighted by Crippen LogP contribution is -2.23. The number of ether oxygens (including phenoxy) is 1. The first-order valence-electron chi connectivity index (χ1n) is 9.49. The monoisotopic (exact) mass is 392 g/mol. The SMILES string of the molecule is C[C@H]1C(=O)Nc2ccc(C(=O)COC(=O)c3ccc(N4CCCC4=O)cc3)cc21. The van der Waals surface area contributed by atoms with Gasteiger partial charge >= 0.3 is 5.97 Å². The first-order valence-corrected chi connectivity index (χ1v) is 9.49. The van der Waals surface area contributed by atoms with Gasteiger partial charge in [-0.1, -0.05) is 0 Å². The number of amides is 2. The number of nitrogens with zero attached hydrogens (tertiary/aromatic N) is 1. The van der Waals surface area contributed by atoms with Crippen molar-refractivity contribution in [1.29, 1.82) is 0 Å². The van der Waals surface area contributed by atoms with Crippen molar-refractivity contribution in [3.63, 3.8) is 0 Å². The minimum atomic E-state index is -0.607. The highest BCUT2D eigenvalue weighted by atomic mass is 16.5. The number of nitrogens with one attached hydrogen (secondary N) is 1. The third-order valence-corrected chi connectivity index (χ3v) is 5.31. The van der Waals surface area contributed by atoms with Crippen molar-refractivity contribution >= 4 is 34.9 Å². The molecular weight excluding hydrogens is 372 g/mol. The number of Topliss-reactive ketones (excluding diaryl/α,β-unsaturated/α-hetero) is 1. The molecule has 0 spiro atoms. The second-order valence-corrected chi connectivity index (χ2v) is 7.21. The van der Waals surface area contributed by atoms with Gasteiger partial charge in [-0.15, -0.1) is 0 Å². The Morgan fingerprint density at radius 3 is 2.52 bits per heavy atom. The summed E-state index contributed by atoms with van der Waals surface area (Å²) in [6.45, 7) is 2.06. The molecule has 0 radical (unpaired) electrons. The average Bonchev–Trinajstić information content (AvgIpc) is 3.28. The molecule has 2 aromatic rings. The zero-order chi connectivity index (χ0) is 20.5. The van der Waals surface area contributed by atoms with Gasteiger partial charge in [0, 0.05) is 29.9 Å². The highest BCUT2D eigenvalue weighted by Gasteiger charge is 2.27. The molecule has 7 nitrogen and oxygen atoms in total. The van der Waals surface area contributed by atoms with Gasteiger partial charge in [-0.05, 0) is 61.4 Å². The molecule has 0 saturated carbocycles. The van der Waals surface area contributed by atoms with Crippen LogP contribution in [0, 0.1) is 0 Å². The highest BCUT2D eigenvalue weighted by Crippen LogP contribution is 2.32. The molecule has 0 bridgehead atoms. The maximum absolute atomic E-state index is 12.4. The minimum absolute atomic E-state index is 0.0755. The van der Waals surface area contributed by atoms with E-state index in [4.69, 9.17) is 4.74 Å². The molecule has 148 valence electrons. The maximum atomic E-state index is 12.4. The summed E-state index contributed by atoms with van der Waals surface area (Å²) in [6.07, 6.45) is 1.37. The largest absolute Gasteiger partial charge is 0.454 e. The maximum Gasteiger partial charge on any atom is 0.338 e. The smallest absolute Gasteiger partial charge is 0.338 e. The van der Waals surface area contributed by atoms with Gasteiger partial charge in [0.15, 0.2) is 12.4 Å². The van der Waals surface area contributed by atoms with E-state index >= 15 is 0 Å². The van der Waals surface area contributed by atoms with Crippen molar-refractivity contribution in [2.24, 2.45) is 0 Å². The lowest BCUT2D eigenvalue weighted by atomic mass is 9.99. The van der Waals surface area contributed by atoms with Crippen LogP contribution >= 0.6 is 0 Å². The number of hydrogen-bond donors (Lipinski definition) is 1. The van der Waals surface area contributed by atoms with Gasteiger partial charge in [0.1, 0.15) is 0 Å². The van der Waals surface area contributed by atoms with Gasteiger partial charge in [0.05, 0.1) is 11.5 Å². The number of anilines is 2. The van der Waals surface area contributed by atoms with Crippen LogP contribution in [0.3, 0.4) is 0 Å². The molecule has 4 rings (SSSR count). The molecule has 1 atom stereocenters. The molecule has 29 heavy (non-hydrogen) atoms. The summed E-state index contributed by atoms with van der Waals surface area (Å²) in [5.74, 6) is -1.29. The molecule has 0 unspecified atom stereocenters. The van der Waals surface area contributed by atoms with Crippen LogP contribution in [0.2, 0.25) is 0 Å². The summed E-state index contributed by atoms with van der Waals surface area (Å²) < 4.78 is 5.15. The molecule has 1 N–H and O–H groups in total. The molecule has 1 fully saturated rings. The van der Waals surface area contributed by atoms with Gasteiger partial charge in [-0.25, -0.2) is 4.79 Å². The molecular formula is C22H20N2O5. The first-order chi connectivity index (χ1) is 13.9. The Morgan fingerprint density at radius 2 is 1.83 bits per heavy atom. The summed E-state index contributed by atoms with van der Waals surface area (Å²) >= 11 is 0. The summed E-state index contributed by atoms with van der Waals surface area (Å²) in [5.41, 5.74) is 2.91. The van der Waals surface area contributed by atoms with E-state index < -0.39 is 5.97 Å². The Bertz CT molecular complexity index is 1010. The number of fused-ring (bicyclic) bond motifs is 1. The zero-order valence-corrected chi connectivity index (χ0v) is 15.9. The normalized spacial score (nSPS) is 17.8. The van der Waals surface area contributed by atoms with Crippen LogP contribution in [0.25, 0.3) is 0 Å². The van der Waals surface area contributed by atoms with E-state index in [-0.39, 0.29) is 30.1 Å². The Morgan fingerprint density at radius 1 is 1.10 bits per heavy atom. The third kappa shape index (κ3) is 3.63. The van der Waals surface area contributed by atoms with Crippen LogP contribution in [0.5, 0.6) is 0 Å². The van der Waals surface area contributed by atoms with Crippen molar-refractivity contribution in [2.45, 2.75) is 25.7 Å². The summed E-state index contributed by atoms with van der Waals surface area (Å²) in [4.78, 5) is 49.9. The molecule has 2 aliphatic rings. The van der Waals surface area contributed by atoms with Crippen molar-refractivity contribution in [1.82, 2.24) is 0 Å². The topological polar surface area (TPSA) is 92.8 Å². The standard InChI is InChI=1S/C22H20N2O5/c1-13-17-11-15(6-9-18(17)23-21(13)27)19(25)12-29-22(28)14-4-7-16(8-5-14)24-10-2-3-20(24)26/h4-9,11,13H,2-3,10,12H2,1H3,(H,23,27)/t13-/m1/s1. The van der Waals surface area contributed by atoms with Gasteiger partial charge < -0.3 is 15.0 Å². The number of carbonyl (C=O) groups is 4. The molecule has 2 aliphatic heterocycles. The Hall–Kier alpha value is -3.48. The van der Waals surface area contributed by atoms with E-state index in [0.717, 1.165) is 17.7 Å². The third-order valence-electron chi connectivity index (χ3n) is 5.31. The van der Waals surface area contributed by atoms with Crippen LogP contribution in [-0.4, -0.2) is 36.7 Å². The first kappa shape index (κ1) is 18.9. The summed E-state index contributed by atoms with van der Waals surface area (Å²) in [7, 11) is 0. The minimum Gasteiger partial charge on any atom is -0.454 e. The van der Waals surface area contributed by atoms with Crippen molar-refractivity contribution in [3.8, 4) is 0 Å². The van der Waals surface area contributed by atoms with E-state index in [0.29, 0.717) is 29.8 Å². The second kappa shape index (κ2) is 7.50. The zero-order valence-electron chi connectivity index (χ0n) is 15.9. The van der Waals surface area contributed by atoms with Crippen molar-refractivity contribution in [3.05, 3.63) is 59.2 Å². The van der Waals surface area contributed by atoms with Crippen molar-refractivity contribution < 1.29 is 23.9 Å². The number of carbonyl (C=O) groups excluding carboxylic acids is 4. The average molecular weight is 392 g/mol. The number of rotatable bonds is 5. The molecule has 0 aliphatic carbocycles. The summed E-state index contributed by atoms with van der Waals surface area (Å²) in [5, 5.41) is 2.75. The Balaban J connectivity index is 1.38. The van der Waals surface area contributed by atoms with Crippen LogP contribution < -0.4 is 10.2 Å². The molecule has 2 heterocycles. The van der Waals surface area contributed by atoms with E-state index in [9.17, 15) is 19.2 Å². The number of benzene rings is 2. The fourth-order valence-electron chi connectivity index (χ4n) is 3.59. The number of esters is 1. The quantitative estimate of drug-likeness (QED) is 0.624. The summed E-state index contributed by atoms with van der Waals surface area (Å²) in [6, 6.07) is 11.5. The fourth-order valence-corrected chi connectivity index (χ4v) is 3.59. The Kier molecular flexibility index (Phi) is 4.88. The predicted octanol–water partition coefficient (Wildman–Crippen LogP) is 2.91. The predicted molar refractivity (Wildman–Crippen MR) is 106 cm³/mol. The van der Waals surface area contributed by atoms with E-state index in [2.05, 4.69) is 5.32 Å². The van der Waals surface area contributed by atoms with E-state index in [1.807, 2.05) is 0 Å². The van der Waals surface area contributed by atoms with Crippen LogP contribution in [0.4, 0.5) is 11.4 Å². The lowest BCUT2D eigenvalue weighted by molar-refractivity contribution is -0.117. The molecule has 7 heteroatoms. The van der Waals surface area contributed by atoms with Gasteiger partial charge in [-0.2, -0.15) is 0 Å². The molecule has 0 aromatic heterocycles. The number of hydrogen-bond acceptors (Lipinski definition) is 5. The lowest BCUT2D eigenvalue weighted by Gasteiger charge is -2.15. The highest BCUT2D eigenvalue weighted by molar-refractivity contribution is 6.05. The fraction of sp³-hybridized carbons (Fsp3) is 0.273. The van der Waals surface area contributed by atoms with Crippen LogP contribution in [-0.2, 0) is 14.3 Å². The van der Waals surface area contributed by atoms with Crippen LogP contribution in [0.1, 0.15) is 52.0 Å². The Labute approximate surface area is 167 Å². The molecule has 1 saturated heterocycles. The molecule has 2 aromatic carbocycles. The van der Waals surface area contributed by atoms with Gasteiger partial charge in [0.25, 0.3) is 0 Å². The van der Waals surface area contributed by atoms with Gasteiger partial charge in [-0.3, -0.25) is 14.4 Å². The van der Waals surface area contributed by atoms with Gasteiger partial charge in [0.2, 0.25) is 11.8 Å². The van der Waals surface area contributed by atoms with Crippen LogP contribution in [0.15, 0.2) is 42.5 Å². The second-order valence-electron chi connectivity index (χ2n) is 7.21. The van der Waals surface area contributed by atoms with Crippen molar-refractivity contribution in [2.75, 3.05) is 23.4 Å². The molecule has 2 amide bonds.